The van der Waals surface area contributed by atoms with Crippen LogP contribution < -0.4 is 10.1 Å². The van der Waals surface area contributed by atoms with Crippen molar-refractivity contribution in [2.75, 3.05) is 12.4 Å². The summed E-state index contributed by atoms with van der Waals surface area (Å²) in [5, 5.41) is 5.17. The lowest BCUT2D eigenvalue weighted by atomic mass is 9.88. The van der Waals surface area contributed by atoms with E-state index < -0.39 is 23.8 Å². The molecule has 1 N–H and O–H groups in total. The van der Waals surface area contributed by atoms with Crippen LogP contribution in [0.15, 0.2) is 60.0 Å². The van der Waals surface area contributed by atoms with Crippen molar-refractivity contribution < 1.29 is 23.4 Å². The molecule has 0 fully saturated rings. The monoisotopic (exact) mass is 441 g/mol. The summed E-state index contributed by atoms with van der Waals surface area (Å²) < 4.78 is 31.0. The van der Waals surface area contributed by atoms with Crippen LogP contribution in [-0.2, 0) is 16.0 Å². The summed E-state index contributed by atoms with van der Waals surface area (Å²) in [5.74, 6) is 0.0312. The number of carbonyl (C=O) groups is 1. The highest BCUT2D eigenvalue weighted by Gasteiger charge is 2.47. The summed E-state index contributed by atoms with van der Waals surface area (Å²) in [6.07, 6.45) is -1.12. The van der Waals surface area contributed by atoms with E-state index in [1.165, 1.54) is 23.5 Å². The number of rotatable bonds is 6. The molecule has 0 radical (unpaired) electrons. The fraction of sp³-hybridized carbons (Fsp3) is 0.292. The molecule has 0 saturated heterocycles. The van der Waals surface area contributed by atoms with E-state index in [9.17, 15) is 9.18 Å². The molecule has 2 unspecified atom stereocenters. The average Bonchev–Trinajstić information content (AvgIpc) is 3.29. The Balaban J connectivity index is 1.56. The lowest BCUT2D eigenvalue weighted by molar-refractivity contribution is -0.129. The maximum absolute atomic E-state index is 13.1. The predicted octanol–water partition coefficient (Wildman–Crippen LogP) is 5.58. The SMILES string of the molecule is COC1c2cc(NCc3ccc(F)cc3)ccc2OC(C)(C)C1OC(=O)c1cccs1. The molecule has 1 aliphatic rings. The number of thiophene rings is 1. The van der Waals surface area contributed by atoms with Gasteiger partial charge in [0.2, 0.25) is 0 Å². The molecular weight excluding hydrogens is 417 g/mol. The maximum Gasteiger partial charge on any atom is 0.348 e. The van der Waals surface area contributed by atoms with Gasteiger partial charge in [0.05, 0.1) is 0 Å². The van der Waals surface area contributed by atoms with Gasteiger partial charge in [0.15, 0.2) is 6.10 Å². The van der Waals surface area contributed by atoms with Gasteiger partial charge in [-0.05, 0) is 61.2 Å². The third-order valence-electron chi connectivity index (χ3n) is 5.27. The number of nitrogens with one attached hydrogen (secondary N) is 1. The Kier molecular flexibility index (Phi) is 5.98. The minimum absolute atomic E-state index is 0.261. The topological polar surface area (TPSA) is 56.8 Å². The van der Waals surface area contributed by atoms with E-state index in [-0.39, 0.29) is 5.82 Å². The first-order valence-corrected chi connectivity index (χ1v) is 10.8. The normalized spacial score (nSPS) is 19.2. The quantitative estimate of drug-likeness (QED) is 0.506. The van der Waals surface area contributed by atoms with Gasteiger partial charge in [-0.15, -0.1) is 11.3 Å². The van der Waals surface area contributed by atoms with Crippen LogP contribution in [0, 0.1) is 5.82 Å². The zero-order chi connectivity index (χ0) is 22.0. The van der Waals surface area contributed by atoms with Crippen molar-refractivity contribution in [2.24, 2.45) is 0 Å². The molecular formula is C24H24FNO4S. The van der Waals surface area contributed by atoms with Gasteiger partial charge in [-0.25, -0.2) is 9.18 Å². The Bertz CT molecular complexity index is 1050. The highest BCUT2D eigenvalue weighted by Crippen LogP contribution is 2.44. The number of fused-ring (bicyclic) bond motifs is 1. The van der Waals surface area contributed by atoms with E-state index in [2.05, 4.69) is 5.32 Å². The van der Waals surface area contributed by atoms with Gasteiger partial charge in [-0.2, -0.15) is 0 Å². The van der Waals surface area contributed by atoms with Crippen LogP contribution in [-0.4, -0.2) is 24.8 Å². The van der Waals surface area contributed by atoms with Gasteiger partial charge in [-0.1, -0.05) is 18.2 Å². The van der Waals surface area contributed by atoms with Gasteiger partial charge >= 0.3 is 5.97 Å². The van der Waals surface area contributed by atoms with Crippen molar-refractivity contribution >= 4 is 23.0 Å². The standard InChI is InChI=1S/C24H24FNO4S/c1-24(2)22(29-23(27)20-5-4-12-31-20)21(28-3)18-13-17(10-11-19(18)30-24)26-14-15-6-8-16(25)9-7-15/h4-13,21-22,26H,14H2,1-3H3. The molecule has 7 heteroatoms. The second-order valence-electron chi connectivity index (χ2n) is 7.90. The van der Waals surface area contributed by atoms with Crippen LogP contribution >= 0.6 is 11.3 Å². The molecule has 0 spiro atoms. The van der Waals surface area contributed by atoms with Gasteiger partial charge in [0.25, 0.3) is 0 Å². The Hall–Kier alpha value is -2.90. The Morgan fingerprint density at radius 1 is 1.19 bits per heavy atom. The molecule has 2 aromatic carbocycles. The van der Waals surface area contributed by atoms with Crippen LogP contribution in [0.25, 0.3) is 0 Å². The third-order valence-corrected chi connectivity index (χ3v) is 6.12. The minimum Gasteiger partial charge on any atom is -0.483 e. The summed E-state index contributed by atoms with van der Waals surface area (Å²) in [4.78, 5) is 13.2. The summed E-state index contributed by atoms with van der Waals surface area (Å²) in [7, 11) is 1.60. The number of ether oxygens (including phenoxy) is 3. The smallest absolute Gasteiger partial charge is 0.348 e. The molecule has 2 heterocycles. The molecule has 2 atom stereocenters. The molecule has 4 rings (SSSR count). The van der Waals surface area contributed by atoms with Gasteiger partial charge < -0.3 is 19.5 Å². The lowest BCUT2D eigenvalue weighted by Gasteiger charge is -2.43. The highest BCUT2D eigenvalue weighted by atomic mass is 32.1. The number of hydrogen-bond acceptors (Lipinski definition) is 6. The number of carbonyl (C=O) groups excluding carboxylic acids is 1. The molecule has 0 bridgehead atoms. The van der Waals surface area contributed by atoms with Crippen molar-refractivity contribution in [3.05, 3.63) is 81.8 Å². The molecule has 0 amide bonds. The number of hydrogen-bond donors (Lipinski definition) is 1. The first-order chi connectivity index (χ1) is 14.9. The van der Waals surface area contributed by atoms with E-state index in [1.54, 1.807) is 25.3 Å². The first kappa shape index (κ1) is 21.3. The van der Waals surface area contributed by atoms with E-state index in [0.29, 0.717) is 17.2 Å². The van der Waals surface area contributed by atoms with Gasteiger partial charge in [0.1, 0.15) is 28.1 Å². The molecule has 0 saturated carbocycles. The van der Waals surface area contributed by atoms with Crippen LogP contribution in [0.4, 0.5) is 10.1 Å². The zero-order valence-corrected chi connectivity index (χ0v) is 18.4. The fourth-order valence-electron chi connectivity index (χ4n) is 3.67. The van der Waals surface area contributed by atoms with E-state index in [0.717, 1.165) is 16.8 Å². The summed E-state index contributed by atoms with van der Waals surface area (Å²) >= 11 is 1.33. The predicted molar refractivity (Wildman–Crippen MR) is 118 cm³/mol. The molecule has 1 aliphatic heterocycles. The zero-order valence-electron chi connectivity index (χ0n) is 17.6. The van der Waals surface area contributed by atoms with Crippen LogP contribution in [0.1, 0.15) is 40.8 Å². The van der Waals surface area contributed by atoms with E-state index in [1.807, 2.05) is 43.5 Å². The van der Waals surface area contributed by atoms with Crippen molar-refractivity contribution in [2.45, 2.75) is 38.2 Å². The minimum atomic E-state index is -0.774. The van der Waals surface area contributed by atoms with Crippen LogP contribution in [0.3, 0.4) is 0 Å². The highest BCUT2D eigenvalue weighted by molar-refractivity contribution is 7.11. The number of benzene rings is 2. The van der Waals surface area contributed by atoms with Gasteiger partial charge in [0, 0.05) is 24.9 Å². The van der Waals surface area contributed by atoms with Crippen molar-refractivity contribution in [1.82, 2.24) is 0 Å². The number of halogens is 1. The molecule has 162 valence electrons. The van der Waals surface area contributed by atoms with Crippen molar-refractivity contribution in [3.8, 4) is 5.75 Å². The summed E-state index contributed by atoms with van der Waals surface area (Å²) in [6.45, 7) is 4.31. The van der Waals surface area contributed by atoms with Crippen LogP contribution in [0.5, 0.6) is 5.75 Å². The number of esters is 1. The number of methoxy groups -OCH3 is 1. The van der Waals surface area contributed by atoms with E-state index >= 15 is 0 Å². The second kappa shape index (κ2) is 8.69. The molecule has 5 nitrogen and oxygen atoms in total. The van der Waals surface area contributed by atoms with Crippen molar-refractivity contribution in [3.63, 3.8) is 0 Å². The number of anilines is 1. The Labute approximate surface area is 184 Å². The summed E-state index contributed by atoms with van der Waals surface area (Å²) in [6, 6.07) is 15.6. The first-order valence-electron chi connectivity index (χ1n) is 9.96. The second-order valence-corrected chi connectivity index (χ2v) is 8.85. The van der Waals surface area contributed by atoms with Crippen molar-refractivity contribution in [1.29, 1.82) is 0 Å². The van der Waals surface area contributed by atoms with Gasteiger partial charge in [-0.3, -0.25) is 0 Å². The Morgan fingerprint density at radius 2 is 1.97 bits per heavy atom. The fourth-order valence-corrected chi connectivity index (χ4v) is 4.28. The average molecular weight is 442 g/mol. The van der Waals surface area contributed by atoms with Crippen LogP contribution in [0.2, 0.25) is 0 Å². The van der Waals surface area contributed by atoms with E-state index in [4.69, 9.17) is 14.2 Å². The molecule has 3 aromatic rings. The molecule has 0 aliphatic carbocycles. The summed E-state index contributed by atoms with van der Waals surface area (Å²) in [5.41, 5.74) is 1.85. The third kappa shape index (κ3) is 4.57. The largest absolute Gasteiger partial charge is 0.483 e. The molecule has 1 aromatic heterocycles. The lowest BCUT2D eigenvalue weighted by Crippen LogP contribution is -2.51. The molecule has 31 heavy (non-hydrogen) atoms. The maximum atomic E-state index is 13.1. The Morgan fingerprint density at radius 3 is 2.65 bits per heavy atom.